The number of hydrogen-bond donors (Lipinski definition) is 0. The SMILES string of the molecule is C=C(C)C(=O)OCCCCOc1ccc(C(=O)Oc2ccc(OC(=O)C=Cc3ccc(OC)cc3)cc2)cc1. The fraction of sp³-hybridized carbons (Fsp3) is 0.194. The molecule has 0 amide bonds. The third-order valence-electron chi connectivity index (χ3n) is 5.26. The van der Waals surface area contributed by atoms with Crippen LogP contribution in [-0.4, -0.2) is 38.2 Å². The Bertz CT molecular complexity index is 1290. The lowest BCUT2D eigenvalue weighted by Gasteiger charge is -2.08. The molecule has 8 heteroatoms. The summed E-state index contributed by atoms with van der Waals surface area (Å²) in [6, 6.07) is 20.0. The van der Waals surface area contributed by atoms with Crippen molar-refractivity contribution in [2.75, 3.05) is 20.3 Å². The highest BCUT2D eigenvalue weighted by Gasteiger charge is 2.10. The molecule has 8 nitrogen and oxygen atoms in total. The number of methoxy groups -OCH3 is 1. The van der Waals surface area contributed by atoms with Gasteiger partial charge in [0.25, 0.3) is 0 Å². The van der Waals surface area contributed by atoms with Gasteiger partial charge >= 0.3 is 17.9 Å². The molecular formula is C31H30O8. The number of benzene rings is 3. The van der Waals surface area contributed by atoms with Gasteiger partial charge in [0.05, 0.1) is 25.9 Å². The minimum atomic E-state index is -0.538. The van der Waals surface area contributed by atoms with Gasteiger partial charge < -0.3 is 23.7 Å². The van der Waals surface area contributed by atoms with Gasteiger partial charge in [-0.1, -0.05) is 18.7 Å². The van der Waals surface area contributed by atoms with E-state index in [0.717, 1.165) is 11.3 Å². The summed E-state index contributed by atoms with van der Waals surface area (Å²) in [5.74, 6) is 0.489. The zero-order valence-corrected chi connectivity index (χ0v) is 21.9. The van der Waals surface area contributed by atoms with Crippen LogP contribution in [0.2, 0.25) is 0 Å². The molecule has 202 valence electrons. The number of carbonyl (C=O) groups is 3. The zero-order valence-electron chi connectivity index (χ0n) is 21.9. The molecule has 0 aliphatic heterocycles. The molecule has 3 rings (SSSR count). The second-order valence-electron chi connectivity index (χ2n) is 8.38. The molecule has 3 aromatic rings. The van der Waals surface area contributed by atoms with Gasteiger partial charge in [-0.3, -0.25) is 0 Å². The van der Waals surface area contributed by atoms with Gasteiger partial charge in [-0.2, -0.15) is 0 Å². The fourth-order valence-electron chi connectivity index (χ4n) is 3.14. The third kappa shape index (κ3) is 9.85. The Morgan fingerprint density at radius 3 is 1.92 bits per heavy atom. The Kier molecular flexibility index (Phi) is 10.9. The minimum absolute atomic E-state index is 0.307. The lowest BCUT2D eigenvalue weighted by Crippen LogP contribution is -2.09. The number of esters is 3. The highest BCUT2D eigenvalue weighted by molar-refractivity contribution is 5.91. The molecule has 0 aliphatic rings. The van der Waals surface area contributed by atoms with Crippen molar-refractivity contribution in [3.05, 3.63) is 102 Å². The van der Waals surface area contributed by atoms with E-state index in [9.17, 15) is 14.4 Å². The smallest absolute Gasteiger partial charge is 0.343 e. The van der Waals surface area contributed by atoms with Crippen molar-refractivity contribution in [2.45, 2.75) is 19.8 Å². The Morgan fingerprint density at radius 2 is 1.31 bits per heavy atom. The predicted molar refractivity (Wildman–Crippen MR) is 146 cm³/mol. The Balaban J connectivity index is 1.40. The van der Waals surface area contributed by atoms with Crippen molar-refractivity contribution >= 4 is 24.0 Å². The number of hydrogen-bond acceptors (Lipinski definition) is 8. The van der Waals surface area contributed by atoms with Gasteiger partial charge in [0.1, 0.15) is 23.0 Å². The second kappa shape index (κ2) is 14.8. The topological polar surface area (TPSA) is 97.4 Å². The summed E-state index contributed by atoms with van der Waals surface area (Å²) in [5, 5.41) is 0. The van der Waals surface area contributed by atoms with E-state index in [1.165, 1.54) is 18.2 Å². The lowest BCUT2D eigenvalue weighted by atomic mass is 10.2. The van der Waals surface area contributed by atoms with E-state index in [0.29, 0.717) is 54.4 Å². The Morgan fingerprint density at radius 1 is 0.744 bits per heavy atom. The lowest BCUT2D eigenvalue weighted by molar-refractivity contribution is -0.139. The van der Waals surface area contributed by atoms with Gasteiger partial charge in [-0.05, 0) is 92.1 Å². The summed E-state index contributed by atoms with van der Waals surface area (Å²) in [5.41, 5.74) is 1.55. The van der Waals surface area contributed by atoms with E-state index in [-0.39, 0.29) is 0 Å². The number of carbonyl (C=O) groups excluding carboxylic acids is 3. The van der Waals surface area contributed by atoms with Crippen LogP contribution >= 0.6 is 0 Å². The van der Waals surface area contributed by atoms with Gasteiger partial charge in [0, 0.05) is 11.6 Å². The molecule has 39 heavy (non-hydrogen) atoms. The minimum Gasteiger partial charge on any atom is -0.497 e. The van der Waals surface area contributed by atoms with E-state index < -0.39 is 17.9 Å². The van der Waals surface area contributed by atoms with Gasteiger partial charge in [0.2, 0.25) is 0 Å². The highest BCUT2D eigenvalue weighted by atomic mass is 16.5. The van der Waals surface area contributed by atoms with E-state index in [4.69, 9.17) is 23.7 Å². The number of rotatable bonds is 13. The summed E-state index contributed by atoms with van der Waals surface area (Å²) in [7, 11) is 1.59. The molecule has 0 atom stereocenters. The van der Waals surface area contributed by atoms with E-state index >= 15 is 0 Å². The third-order valence-corrected chi connectivity index (χ3v) is 5.26. The normalized spacial score (nSPS) is 10.5. The molecule has 0 aromatic heterocycles. The fourth-order valence-corrected chi connectivity index (χ4v) is 3.14. The van der Waals surface area contributed by atoms with Crippen LogP contribution in [0.3, 0.4) is 0 Å². The van der Waals surface area contributed by atoms with Crippen molar-refractivity contribution in [1.82, 2.24) is 0 Å². The van der Waals surface area contributed by atoms with Crippen molar-refractivity contribution in [2.24, 2.45) is 0 Å². The maximum atomic E-state index is 12.5. The van der Waals surface area contributed by atoms with E-state index in [1.807, 2.05) is 12.1 Å². The largest absolute Gasteiger partial charge is 0.497 e. The average Bonchev–Trinajstić information content (AvgIpc) is 2.95. The summed E-state index contributed by atoms with van der Waals surface area (Å²) in [4.78, 5) is 35.9. The van der Waals surface area contributed by atoms with Crippen molar-refractivity contribution in [1.29, 1.82) is 0 Å². The summed E-state index contributed by atoms with van der Waals surface area (Å²) in [6.45, 7) is 5.89. The molecule has 0 heterocycles. The molecule has 3 aromatic carbocycles. The maximum Gasteiger partial charge on any atom is 0.343 e. The van der Waals surface area contributed by atoms with Crippen LogP contribution in [-0.2, 0) is 14.3 Å². The monoisotopic (exact) mass is 530 g/mol. The molecule has 0 fully saturated rings. The van der Waals surface area contributed by atoms with Crippen LogP contribution in [0.5, 0.6) is 23.0 Å². The Hall–Kier alpha value is -4.85. The zero-order chi connectivity index (χ0) is 28.0. The molecule has 0 radical (unpaired) electrons. The molecule has 0 aliphatic carbocycles. The van der Waals surface area contributed by atoms with Crippen molar-refractivity contribution in [3.8, 4) is 23.0 Å². The first-order chi connectivity index (χ1) is 18.8. The predicted octanol–water partition coefficient (Wildman–Crippen LogP) is 5.81. The van der Waals surface area contributed by atoms with Crippen LogP contribution in [0.15, 0.2) is 91.0 Å². The first-order valence-corrected chi connectivity index (χ1v) is 12.3. The van der Waals surface area contributed by atoms with E-state index in [2.05, 4.69) is 6.58 Å². The highest BCUT2D eigenvalue weighted by Crippen LogP contribution is 2.20. The molecule has 0 unspecified atom stereocenters. The number of ether oxygens (including phenoxy) is 5. The summed E-state index contributed by atoms with van der Waals surface area (Å²) in [6.07, 6.45) is 4.34. The average molecular weight is 531 g/mol. The van der Waals surface area contributed by atoms with Crippen molar-refractivity contribution in [3.63, 3.8) is 0 Å². The molecule has 0 saturated carbocycles. The van der Waals surface area contributed by atoms with Crippen LogP contribution in [0.25, 0.3) is 6.08 Å². The molecular weight excluding hydrogens is 500 g/mol. The van der Waals surface area contributed by atoms with Crippen LogP contribution in [0, 0.1) is 0 Å². The second-order valence-corrected chi connectivity index (χ2v) is 8.38. The van der Waals surface area contributed by atoms with Gasteiger partial charge in [-0.25, -0.2) is 14.4 Å². The van der Waals surface area contributed by atoms with Gasteiger partial charge in [0.15, 0.2) is 0 Å². The molecule has 0 bridgehead atoms. The molecule has 0 saturated heterocycles. The Labute approximate surface area is 227 Å². The molecule has 0 N–H and O–H groups in total. The summed E-state index contributed by atoms with van der Waals surface area (Å²) < 4.78 is 26.5. The standard InChI is InChI=1S/C31H30O8/c1-22(2)30(33)37-21-5-4-20-36-26-13-9-24(10-14-26)31(34)39-28-17-15-27(16-18-28)38-29(32)19-8-23-6-11-25(35-3)12-7-23/h6-19H,1,4-5,20-21H2,2-3H3. The maximum absolute atomic E-state index is 12.5. The van der Waals surface area contributed by atoms with Gasteiger partial charge in [-0.15, -0.1) is 0 Å². The molecule has 0 spiro atoms. The van der Waals surface area contributed by atoms with Crippen LogP contribution in [0.4, 0.5) is 0 Å². The van der Waals surface area contributed by atoms with Crippen LogP contribution in [0.1, 0.15) is 35.7 Å². The van der Waals surface area contributed by atoms with Crippen molar-refractivity contribution < 1.29 is 38.1 Å². The first-order valence-electron chi connectivity index (χ1n) is 12.3. The summed E-state index contributed by atoms with van der Waals surface area (Å²) >= 11 is 0. The van der Waals surface area contributed by atoms with E-state index in [1.54, 1.807) is 68.6 Å². The quantitative estimate of drug-likeness (QED) is 0.118. The van der Waals surface area contributed by atoms with Crippen LogP contribution < -0.4 is 18.9 Å². The first kappa shape index (κ1) is 28.7. The number of unbranched alkanes of at least 4 members (excludes halogenated alkanes) is 1.